The number of hydrogen-bond acceptors (Lipinski definition) is 3. The van der Waals surface area contributed by atoms with E-state index >= 15 is 0 Å². The second kappa shape index (κ2) is 5.01. The van der Waals surface area contributed by atoms with Crippen LogP contribution in [0.15, 0.2) is 40.8 Å². The van der Waals surface area contributed by atoms with Crippen molar-refractivity contribution in [2.75, 3.05) is 6.54 Å². The lowest BCUT2D eigenvalue weighted by Gasteiger charge is -2.18. The van der Waals surface area contributed by atoms with Crippen LogP contribution in [-0.4, -0.2) is 11.5 Å². The fourth-order valence-corrected chi connectivity index (χ4v) is 3.04. The quantitative estimate of drug-likeness (QED) is 0.776. The van der Waals surface area contributed by atoms with E-state index in [0.717, 1.165) is 48.5 Å². The Kier molecular flexibility index (Phi) is 3.00. The Morgan fingerprint density at radius 2 is 2.19 bits per heavy atom. The maximum Gasteiger partial charge on any atom is 0.227 e. The maximum atomic E-state index is 5.99. The lowest BCUT2D eigenvalue weighted by Crippen LogP contribution is -2.24. The summed E-state index contributed by atoms with van der Waals surface area (Å²) in [4.78, 5) is 4.71. The Morgan fingerprint density at radius 3 is 3.10 bits per heavy atom. The lowest BCUT2D eigenvalue weighted by molar-refractivity contribution is 0.611. The third-order valence-corrected chi connectivity index (χ3v) is 4.23. The van der Waals surface area contributed by atoms with Gasteiger partial charge in [0.25, 0.3) is 0 Å². The van der Waals surface area contributed by atoms with Crippen molar-refractivity contribution in [3.63, 3.8) is 0 Å². The van der Waals surface area contributed by atoms with Crippen LogP contribution in [0.1, 0.15) is 23.6 Å². The van der Waals surface area contributed by atoms with Gasteiger partial charge in [0.2, 0.25) is 5.89 Å². The summed E-state index contributed by atoms with van der Waals surface area (Å²) in [5.74, 6) is 0.747. The summed E-state index contributed by atoms with van der Waals surface area (Å²) < 4.78 is 5.99. The first-order valence-corrected chi connectivity index (χ1v) is 7.56. The van der Waals surface area contributed by atoms with E-state index in [9.17, 15) is 0 Å². The highest BCUT2D eigenvalue weighted by Crippen LogP contribution is 2.30. The molecule has 1 aliphatic rings. The molecule has 1 aromatic heterocycles. The molecule has 0 spiro atoms. The minimum atomic E-state index is 0.747. The summed E-state index contributed by atoms with van der Waals surface area (Å²) in [7, 11) is 0. The number of rotatable bonds is 2. The molecule has 3 heteroatoms. The number of fused-ring (bicyclic) bond motifs is 2. The molecule has 21 heavy (non-hydrogen) atoms. The summed E-state index contributed by atoms with van der Waals surface area (Å²) >= 11 is 0. The topological polar surface area (TPSA) is 38.1 Å². The highest BCUT2D eigenvalue weighted by atomic mass is 16.3. The average molecular weight is 278 g/mol. The Balaban J connectivity index is 1.86. The van der Waals surface area contributed by atoms with E-state index in [1.807, 2.05) is 6.07 Å². The monoisotopic (exact) mass is 278 g/mol. The summed E-state index contributed by atoms with van der Waals surface area (Å²) in [5, 5.41) is 3.41. The third-order valence-electron chi connectivity index (χ3n) is 4.23. The molecule has 0 radical (unpaired) electrons. The molecule has 1 N–H and O–H groups in total. The van der Waals surface area contributed by atoms with Gasteiger partial charge < -0.3 is 9.73 Å². The average Bonchev–Trinajstić information content (AvgIpc) is 2.97. The highest BCUT2D eigenvalue weighted by molar-refractivity contribution is 5.77. The van der Waals surface area contributed by atoms with Crippen LogP contribution in [0, 0.1) is 0 Å². The lowest BCUT2D eigenvalue weighted by atomic mass is 9.95. The molecule has 2 heterocycles. The molecule has 0 bridgehead atoms. The number of nitrogens with one attached hydrogen (secondary N) is 1. The first kappa shape index (κ1) is 12.6. The van der Waals surface area contributed by atoms with Gasteiger partial charge in [-0.2, -0.15) is 0 Å². The highest BCUT2D eigenvalue weighted by Gasteiger charge is 2.17. The molecular weight excluding hydrogens is 260 g/mol. The van der Waals surface area contributed by atoms with Crippen molar-refractivity contribution in [2.45, 2.75) is 26.3 Å². The van der Waals surface area contributed by atoms with E-state index in [2.05, 4.69) is 42.6 Å². The SMILES string of the molecule is CCc1ccc2oc(-c3cccc4c3CCNC4)nc2c1. The van der Waals surface area contributed by atoms with Gasteiger partial charge in [-0.15, -0.1) is 0 Å². The van der Waals surface area contributed by atoms with Gasteiger partial charge in [-0.3, -0.25) is 0 Å². The second-order valence-electron chi connectivity index (χ2n) is 5.54. The van der Waals surface area contributed by atoms with E-state index in [-0.39, 0.29) is 0 Å². The van der Waals surface area contributed by atoms with Gasteiger partial charge in [-0.05, 0) is 54.3 Å². The van der Waals surface area contributed by atoms with Gasteiger partial charge in [-0.1, -0.05) is 25.1 Å². The van der Waals surface area contributed by atoms with Crippen molar-refractivity contribution >= 4 is 11.1 Å². The molecule has 3 aromatic rings. The maximum absolute atomic E-state index is 5.99. The molecule has 106 valence electrons. The number of oxazole rings is 1. The summed E-state index contributed by atoms with van der Waals surface area (Å²) in [5.41, 5.74) is 6.99. The Hall–Kier alpha value is -2.13. The van der Waals surface area contributed by atoms with Crippen LogP contribution >= 0.6 is 0 Å². The summed E-state index contributed by atoms with van der Waals surface area (Å²) in [6.07, 6.45) is 2.05. The van der Waals surface area contributed by atoms with Crippen LogP contribution in [-0.2, 0) is 19.4 Å². The van der Waals surface area contributed by atoms with Crippen molar-refractivity contribution in [3.05, 3.63) is 53.1 Å². The molecule has 0 amide bonds. The van der Waals surface area contributed by atoms with Crippen LogP contribution in [0.2, 0.25) is 0 Å². The van der Waals surface area contributed by atoms with E-state index in [1.165, 1.54) is 16.7 Å². The largest absolute Gasteiger partial charge is 0.436 e. The molecule has 0 saturated carbocycles. The van der Waals surface area contributed by atoms with Crippen LogP contribution in [0.4, 0.5) is 0 Å². The molecule has 2 aromatic carbocycles. The predicted octanol–water partition coefficient (Wildman–Crippen LogP) is 3.70. The third kappa shape index (κ3) is 2.14. The van der Waals surface area contributed by atoms with E-state index in [0.29, 0.717) is 0 Å². The van der Waals surface area contributed by atoms with Gasteiger partial charge in [0.1, 0.15) is 5.52 Å². The zero-order valence-electron chi connectivity index (χ0n) is 12.1. The van der Waals surface area contributed by atoms with Gasteiger partial charge in [0, 0.05) is 12.1 Å². The van der Waals surface area contributed by atoms with Crippen LogP contribution in [0.3, 0.4) is 0 Å². The van der Waals surface area contributed by atoms with E-state index in [1.54, 1.807) is 0 Å². The Labute approximate surface area is 124 Å². The van der Waals surface area contributed by atoms with Gasteiger partial charge in [0.05, 0.1) is 0 Å². The fourth-order valence-electron chi connectivity index (χ4n) is 3.04. The van der Waals surface area contributed by atoms with Gasteiger partial charge >= 0.3 is 0 Å². The number of nitrogens with zero attached hydrogens (tertiary/aromatic N) is 1. The van der Waals surface area contributed by atoms with Crippen LogP contribution in [0.25, 0.3) is 22.6 Å². The molecule has 0 saturated heterocycles. The molecule has 0 fully saturated rings. The molecule has 0 atom stereocenters. The minimum Gasteiger partial charge on any atom is -0.436 e. The second-order valence-corrected chi connectivity index (χ2v) is 5.54. The van der Waals surface area contributed by atoms with Crippen molar-refractivity contribution in [1.82, 2.24) is 10.3 Å². The smallest absolute Gasteiger partial charge is 0.227 e. The van der Waals surface area contributed by atoms with Crippen molar-refractivity contribution in [1.29, 1.82) is 0 Å². The number of hydrogen-bond donors (Lipinski definition) is 1. The standard InChI is InChI=1S/C18H18N2O/c1-2-12-6-7-17-16(10-12)20-18(21-17)15-5-3-4-13-11-19-9-8-14(13)15/h3-7,10,19H,2,8-9,11H2,1H3. The van der Waals surface area contributed by atoms with Crippen LogP contribution in [0.5, 0.6) is 0 Å². The number of benzene rings is 2. The molecule has 3 nitrogen and oxygen atoms in total. The van der Waals surface area contributed by atoms with Crippen molar-refractivity contribution < 1.29 is 4.42 Å². The van der Waals surface area contributed by atoms with Gasteiger partial charge in [-0.25, -0.2) is 4.98 Å². The molecule has 4 rings (SSSR count). The van der Waals surface area contributed by atoms with Crippen molar-refractivity contribution in [2.24, 2.45) is 0 Å². The number of aryl methyl sites for hydroxylation is 1. The molecule has 0 aliphatic carbocycles. The van der Waals surface area contributed by atoms with E-state index < -0.39 is 0 Å². The molecular formula is C18H18N2O. The molecule has 0 unspecified atom stereocenters. The predicted molar refractivity (Wildman–Crippen MR) is 84.2 cm³/mol. The summed E-state index contributed by atoms with van der Waals surface area (Å²) in [6.45, 7) is 4.11. The van der Waals surface area contributed by atoms with E-state index in [4.69, 9.17) is 9.40 Å². The fraction of sp³-hybridized carbons (Fsp3) is 0.278. The Bertz CT molecular complexity index is 804. The minimum absolute atomic E-state index is 0.747. The normalized spacial score (nSPS) is 14.3. The van der Waals surface area contributed by atoms with Crippen molar-refractivity contribution in [3.8, 4) is 11.5 Å². The first-order valence-electron chi connectivity index (χ1n) is 7.56. The zero-order chi connectivity index (χ0) is 14.2. The number of aromatic nitrogens is 1. The summed E-state index contributed by atoms with van der Waals surface area (Å²) in [6, 6.07) is 12.7. The van der Waals surface area contributed by atoms with Gasteiger partial charge in [0.15, 0.2) is 5.58 Å². The first-order chi connectivity index (χ1) is 10.3. The van der Waals surface area contributed by atoms with Crippen LogP contribution < -0.4 is 5.32 Å². The zero-order valence-corrected chi connectivity index (χ0v) is 12.1. The molecule has 1 aliphatic heterocycles. The Morgan fingerprint density at radius 1 is 1.24 bits per heavy atom.